The third-order valence-electron chi connectivity index (χ3n) is 20.8. The first kappa shape index (κ1) is 104. The van der Waals surface area contributed by atoms with Crippen molar-refractivity contribution in [3.63, 3.8) is 0 Å². The lowest BCUT2D eigenvalue weighted by Crippen LogP contribution is -2.30. The van der Waals surface area contributed by atoms with Gasteiger partial charge in [0.15, 0.2) is 12.2 Å². The molecule has 0 saturated heterocycles. The number of ether oxygens (including phenoxy) is 4. The average molecular weight is 1550 g/mol. The van der Waals surface area contributed by atoms with Gasteiger partial charge >= 0.3 is 39.5 Å². The minimum Gasteiger partial charge on any atom is -0.462 e. The van der Waals surface area contributed by atoms with Crippen molar-refractivity contribution in [2.75, 3.05) is 39.6 Å². The molecule has 0 bridgehead atoms. The lowest BCUT2D eigenvalue weighted by atomic mass is 9.99. The van der Waals surface area contributed by atoms with E-state index in [-0.39, 0.29) is 25.7 Å². The third-order valence-corrected chi connectivity index (χ3v) is 22.7. The normalized spacial score (nSPS) is 14.1. The van der Waals surface area contributed by atoms with Gasteiger partial charge in [-0.2, -0.15) is 0 Å². The molecule has 19 heteroatoms. The summed E-state index contributed by atoms with van der Waals surface area (Å²) < 4.78 is 68.9. The average Bonchev–Trinajstić information content (AvgIpc) is 0.905. The van der Waals surface area contributed by atoms with Crippen LogP contribution in [0.1, 0.15) is 465 Å². The number of hydrogen-bond donors (Lipinski definition) is 3. The van der Waals surface area contributed by atoms with Crippen LogP contribution < -0.4 is 0 Å². The summed E-state index contributed by atoms with van der Waals surface area (Å²) in [4.78, 5) is 73.3. The van der Waals surface area contributed by atoms with Gasteiger partial charge in [0.1, 0.15) is 19.3 Å². The number of esters is 4. The van der Waals surface area contributed by atoms with Crippen molar-refractivity contribution >= 4 is 39.5 Å². The Bertz CT molecular complexity index is 2030. The van der Waals surface area contributed by atoms with E-state index in [1.165, 1.54) is 283 Å². The summed E-state index contributed by atoms with van der Waals surface area (Å²) in [5.41, 5.74) is 0. The number of aliphatic hydroxyl groups excluding tert-OH is 1. The highest BCUT2D eigenvalue weighted by atomic mass is 31.2. The van der Waals surface area contributed by atoms with Gasteiger partial charge in [-0.15, -0.1) is 0 Å². The van der Waals surface area contributed by atoms with Gasteiger partial charge in [0, 0.05) is 25.7 Å². The Balaban J connectivity index is 5.24. The van der Waals surface area contributed by atoms with E-state index in [2.05, 4.69) is 41.5 Å². The maximum absolute atomic E-state index is 13.2. The summed E-state index contributed by atoms with van der Waals surface area (Å²) in [6.45, 7) is 9.77. The van der Waals surface area contributed by atoms with Crippen LogP contribution in [-0.4, -0.2) is 96.7 Å². The van der Waals surface area contributed by atoms with E-state index in [1.54, 1.807) is 0 Å². The van der Waals surface area contributed by atoms with Crippen LogP contribution in [0.3, 0.4) is 0 Å². The first-order valence-electron chi connectivity index (χ1n) is 45.0. The molecule has 0 fully saturated rings. The molecule has 630 valence electrons. The van der Waals surface area contributed by atoms with Crippen LogP contribution in [0.15, 0.2) is 0 Å². The van der Waals surface area contributed by atoms with Gasteiger partial charge in [0.05, 0.1) is 26.4 Å². The smallest absolute Gasteiger partial charge is 0.462 e. The molecule has 3 unspecified atom stereocenters. The molecule has 0 aliphatic rings. The van der Waals surface area contributed by atoms with E-state index in [0.717, 1.165) is 102 Å². The summed E-state index contributed by atoms with van der Waals surface area (Å²) in [5, 5.41) is 10.7. The van der Waals surface area contributed by atoms with Crippen LogP contribution in [-0.2, 0) is 65.4 Å². The summed E-state index contributed by atoms with van der Waals surface area (Å²) in [5.74, 6) is -0.428. The van der Waals surface area contributed by atoms with Crippen LogP contribution in [0, 0.1) is 11.8 Å². The van der Waals surface area contributed by atoms with Crippen molar-refractivity contribution in [3.05, 3.63) is 0 Å². The molecule has 0 radical (unpaired) electrons. The zero-order valence-electron chi connectivity index (χ0n) is 69.7. The molecule has 0 saturated carbocycles. The second-order valence-corrected chi connectivity index (χ2v) is 34.9. The predicted octanol–water partition coefficient (Wildman–Crippen LogP) is 26.6. The third kappa shape index (κ3) is 78.7. The van der Waals surface area contributed by atoms with Crippen LogP contribution in [0.5, 0.6) is 0 Å². The summed E-state index contributed by atoms with van der Waals surface area (Å²) >= 11 is 0. The molecular formula is C87H170O17P2. The maximum Gasteiger partial charge on any atom is 0.472 e. The van der Waals surface area contributed by atoms with Crippen molar-refractivity contribution in [1.29, 1.82) is 0 Å². The van der Waals surface area contributed by atoms with Crippen molar-refractivity contribution < 1.29 is 80.2 Å². The molecule has 0 aromatic rings. The van der Waals surface area contributed by atoms with Crippen molar-refractivity contribution in [2.24, 2.45) is 11.8 Å². The van der Waals surface area contributed by atoms with E-state index < -0.39 is 97.5 Å². The van der Waals surface area contributed by atoms with E-state index in [9.17, 15) is 43.2 Å². The van der Waals surface area contributed by atoms with E-state index in [0.29, 0.717) is 25.7 Å². The molecule has 0 aromatic carbocycles. The van der Waals surface area contributed by atoms with E-state index in [4.69, 9.17) is 37.0 Å². The predicted molar refractivity (Wildman–Crippen MR) is 437 cm³/mol. The molecule has 6 atom stereocenters. The molecule has 0 aromatic heterocycles. The number of phosphoric ester groups is 2. The van der Waals surface area contributed by atoms with E-state index >= 15 is 0 Å². The van der Waals surface area contributed by atoms with Gasteiger partial charge in [-0.1, -0.05) is 414 Å². The van der Waals surface area contributed by atoms with Crippen LogP contribution in [0.25, 0.3) is 0 Å². The largest absolute Gasteiger partial charge is 0.472 e. The Morgan fingerprint density at radius 2 is 0.481 bits per heavy atom. The fourth-order valence-electron chi connectivity index (χ4n) is 13.6. The molecule has 0 aliphatic heterocycles. The summed E-state index contributed by atoms with van der Waals surface area (Å²) in [6.07, 6.45) is 70.6. The minimum atomic E-state index is -4.97. The number of hydrogen-bond acceptors (Lipinski definition) is 15. The zero-order valence-corrected chi connectivity index (χ0v) is 71.5. The molecule has 0 aliphatic carbocycles. The minimum absolute atomic E-state index is 0.109. The quantitative estimate of drug-likeness (QED) is 0.0222. The molecule has 0 heterocycles. The Morgan fingerprint density at radius 1 is 0.274 bits per heavy atom. The lowest BCUT2D eigenvalue weighted by Gasteiger charge is -2.21. The topological polar surface area (TPSA) is 237 Å². The standard InChI is InChI=1S/C87H170O17P2/c1-7-10-12-14-16-18-20-22-27-35-41-47-53-59-65-71-86(91)103-82(75-97-84(89)69-63-57-51-45-39-21-19-17-15-13-11-8-2)77-101-105(93,94)99-73-81(88)74-100-106(95,96)102-78-83(76-98-85(90)70-64-58-52-46-40-34-31-30-32-37-43-49-55-61-67-79(4)5)104-87(92)72-66-60-54-48-42-36-29-26-24-23-25-28-33-38-44-50-56-62-68-80(6)9-3/h79-83,88H,7-78H2,1-6H3,(H,93,94)(H,95,96)/t80?,81-,82+,83+/m0/s1. The van der Waals surface area contributed by atoms with Crippen molar-refractivity contribution in [1.82, 2.24) is 0 Å². The monoisotopic (exact) mass is 1550 g/mol. The first-order chi connectivity index (χ1) is 51.4. The van der Waals surface area contributed by atoms with Gasteiger partial charge in [-0.25, -0.2) is 9.13 Å². The fraction of sp³-hybridized carbons (Fsp3) is 0.954. The Morgan fingerprint density at radius 3 is 0.717 bits per heavy atom. The van der Waals surface area contributed by atoms with Gasteiger partial charge < -0.3 is 33.8 Å². The number of carbonyl (C=O) groups excluding carboxylic acids is 4. The van der Waals surface area contributed by atoms with E-state index in [1.807, 2.05) is 0 Å². The van der Waals surface area contributed by atoms with Gasteiger partial charge in [-0.3, -0.25) is 37.3 Å². The molecule has 0 amide bonds. The molecule has 0 spiro atoms. The SMILES string of the molecule is CCCCCCCCCCCCCCCCCC(=O)O[C@H](COC(=O)CCCCCCCCCCCCCC)COP(=O)(O)OC[C@H](O)COP(=O)(O)OC[C@@H](COC(=O)CCCCCCCCCCCCCCCCC(C)C)OC(=O)CCCCCCCCCCCCCCCCCCCCC(C)CC. The summed E-state index contributed by atoms with van der Waals surface area (Å²) in [6, 6.07) is 0. The number of unbranched alkanes of at least 4 members (excludes halogenated alkanes) is 55. The van der Waals surface area contributed by atoms with Gasteiger partial charge in [-0.05, 0) is 37.5 Å². The lowest BCUT2D eigenvalue weighted by molar-refractivity contribution is -0.161. The highest BCUT2D eigenvalue weighted by Crippen LogP contribution is 2.45. The van der Waals surface area contributed by atoms with Crippen molar-refractivity contribution in [2.45, 2.75) is 484 Å². The Labute approximate surface area is 651 Å². The van der Waals surface area contributed by atoms with Crippen LogP contribution in [0.4, 0.5) is 0 Å². The fourth-order valence-corrected chi connectivity index (χ4v) is 15.1. The number of rotatable bonds is 86. The highest BCUT2D eigenvalue weighted by molar-refractivity contribution is 7.47. The summed E-state index contributed by atoms with van der Waals surface area (Å²) in [7, 11) is -9.93. The van der Waals surface area contributed by atoms with Crippen molar-refractivity contribution in [3.8, 4) is 0 Å². The second kappa shape index (κ2) is 78.3. The molecule has 3 N–H and O–H groups in total. The first-order valence-corrected chi connectivity index (χ1v) is 48.0. The second-order valence-electron chi connectivity index (χ2n) is 32.0. The zero-order chi connectivity index (χ0) is 77.8. The maximum atomic E-state index is 13.2. The number of phosphoric acid groups is 2. The molecule has 17 nitrogen and oxygen atoms in total. The number of carbonyl (C=O) groups is 4. The van der Waals surface area contributed by atoms with Gasteiger partial charge in [0.25, 0.3) is 0 Å². The molecule has 106 heavy (non-hydrogen) atoms. The van der Waals surface area contributed by atoms with Gasteiger partial charge in [0.2, 0.25) is 0 Å². The highest BCUT2D eigenvalue weighted by Gasteiger charge is 2.30. The van der Waals surface area contributed by atoms with Crippen LogP contribution in [0.2, 0.25) is 0 Å². The Kier molecular flexibility index (Phi) is 76.9. The number of aliphatic hydroxyl groups is 1. The Hall–Kier alpha value is -1.94. The molecule has 0 rings (SSSR count). The molecular weight excluding hydrogens is 1380 g/mol. The van der Waals surface area contributed by atoms with Crippen LogP contribution >= 0.6 is 15.6 Å².